The number of alkyl halides is 1. The molecule has 3 rings (SSSR count). The number of nitrogens with two attached hydrogens (primary N) is 1. The number of carbonyl (C=O) groups is 1. The molecule has 0 bridgehead atoms. The van der Waals surface area contributed by atoms with Crippen LogP contribution in [0.15, 0.2) is 17.1 Å². The van der Waals surface area contributed by atoms with E-state index in [2.05, 4.69) is 0 Å². The summed E-state index contributed by atoms with van der Waals surface area (Å²) in [5.74, 6) is -1.82. The SMILES string of the molecule is CCOC(=O)c1cn(C2CC2F)c2c(OC)c(F)cc(N)c2c1=O. The minimum absolute atomic E-state index is 0.0400. The van der Waals surface area contributed by atoms with Crippen LogP contribution >= 0.6 is 0 Å². The maximum atomic E-state index is 14.1. The van der Waals surface area contributed by atoms with Crippen LogP contribution < -0.4 is 15.9 Å². The van der Waals surface area contributed by atoms with Crippen LogP contribution in [0.3, 0.4) is 0 Å². The summed E-state index contributed by atoms with van der Waals surface area (Å²) in [6, 6.07) is 0.332. The van der Waals surface area contributed by atoms with Gasteiger partial charge in [0.05, 0.1) is 25.1 Å². The van der Waals surface area contributed by atoms with Crippen LogP contribution in [0, 0.1) is 5.82 Å². The van der Waals surface area contributed by atoms with Crippen molar-refractivity contribution < 1.29 is 23.0 Å². The summed E-state index contributed by atoms with van der Waals surface area (Å²) >= 11 is 0. The number of fused-ring (bicyclic) bond motifs is 1. The summed E-state index contributed by atoms with van der Waals surface area (Å²) in [5, 5.41) is -0.0853. The molecule has 2 atom stereocenters. The Bertz CT molecular complexity index is 894. The van der Waals surface area contributed by atoms with Crippen molar-refractivity contribution in [1.29, 1.82) is 0 Å². The zero-order valence-corrected chi connectivity index (χ0v) is 13.1. The standard InChI is InChI=1S/C16H16F2N2O4/c1-3-24-16(22)7-6-20(11-5-8(11)17)13-12(14(7)21)10(19)4-9(18)15(13)23-2/h4,6,8,11H,3,5,19H2,1-2H3. The molecule has 1 aromatic heterocycles. The first-order valence-corrected chi connectivity index (χ1v) is 7.42. The Kier molecular flexibility index (Phi) is 3.90. The molecular weight excluding hydrogens is 322 g/mol. The quantitative estimate of drug-likeness (QED) is 0.682. The van der Waals surface area contributed by atoms with E-state index in [-0.39, 0.29) is 40.9 Å². The second-order valence-electron chi connectivity index (χ2n) is 5.52. The van der Waals surface area contributed by atoms with Gasteiger partial charge in [0.15, 0.2) is 11.6 Å². The topological polar surface area (TPSA) is 83.6 Å². The third kappa shape index (κ3) is 2.38. The van der Waals surface area contributed by atoms with E-state index in [1.807, 2.05) is 0 Å². The van der Waals surface area contributed by atoms with Crippen LogP contribution in [0.5, 0.6) is 5.75 Å². The largest absolute Gasteiger partial charge is 0.492 e. The first-order chi connectivity index (χ1) is 11.4. The number of nitrogen functional groups attached to an aromatic ring is 1. The van der Waals surface area contributed by atoms with Gasteiger partial charge in [0.25, 0.3) is 0 Å². The summed E-state index contributed by atoms with van der Waals surface area (Å²) in [4.78, 5) is 24.7. The summed E-state index contributed by atoms with van der Waals surface area (Å²) < 4.78 is 39.0. The molecule has 2 unspecified atom stereocenters. The molecule has 0 spiro atoms. The smallest absolute Gasteiger partial charge is 0.343 e. The molecule has 1 aromatic carbocycles. The molecule has 2 N–H and O–H groups in total. The molecule has 1 saturated carbocycles. The van der Waals surface area contributed by atoms with Crippen molar-refractivity contribution >= 4 is 22.6 Å². The van der Waals surface area contributed by atoms with Gasteiger partial charge in [0, 0.05) is 24.4 Å². The number of aromatic nitrogens is 1. The number of hydrogen-bond acceptors (Lipinski definition) is 5. The number of anilines is 1. The predicted octanol–water partition coefficient (Wildman–Crippen LogP) is 2.19. The lowest BCUT2D eigenvalue weighted by atomic mass is 10.1. The Labute approximate surface area is 135 Å². The monoisotopic (exact) mass is 338 g/mol. The van der Waals surface area contributed by atoms with Crippen molar-refractivity contribution in [1.82, 2.24) is 4.57 Å². The fraction of sp³-hybridized carbons (Fsp3) is 0.375. The average molecular weight is 338 g/mol. The van der Waals surface area contributed by atoms with Crippen molar-refractivity contribution in [2.45, 2.75) is 25.6 Å². The normalized spacial score (nSPS) is 19.3. The first-order valence-electron chi connectivity index (χ1n) is 7.42. The number of halogens is 2. The number of carbonyl (C=O) groups excluding carboxylic acids is 1. The van der Waals surface area contributed by atoms with Crippen molar-refractivity contribution in [3.63, 3.8) is 0 Å². The van der Waals surface area contributed by atoms with Crippen LogP contribution in [-0.2, 0) is 4.74 Å². The third-order valence-corrected chi connectivity index (χ3v) is 3.98. The van der Waals surface area contributed by atoms with Crippen LogP contribution in [0.4, 0.5) is 14.5 Å². The molecule has 1 fully saturated rings. The van der Waals surface area contributed by atoms with Gasteiger partial charge in [-0.25, -0.2) is 13.6 Å². The number of pyridine rings is 1. The van der Waals surface area contributed by atoms with E-state index in [1.165, 1.54) is 17.9 Å². The molecule has 2 aromatic rings. The van der Waals surface area contributed by atoms with Gasteiger partial charge in [-0.05, 0) is 6.92 Å². The maximum absolute atomic E-state index is 14.1. The first kappa shape index (κ1) is 16.2. The fourth-order valence-electron chi connectivity index (χ4n) is 2.77. The molecule has 1 aliphatic rings. The van der Waals surface area contributed by atoms with Gasteiger partial charge in [-0.1, -0.05) is 0 Å². The lowest BCUT2D eigenvalue weighted by Crippen LogP contribution is -2.22. The van der Waals surface area contributed by atoms with Crippen LogP contribution in [0.1, 0.15) is 29.7 Å². The average Bonchev–Trinajstić information content (AvgIpc) is 3.24. The Hall–Kier alpha value is -2.64. The van der Waals surface area contributed by atoms with Gasteiger partial charge in [0.2, 0.25) is 5.43 Å². The second kappa shape index (κ2) is 5.77. The number of ether oxygens (including phenoxy) is 2. The number of hydrogen-bond donors (Lipinski definition) is 1. The van der Waals surface area contributed by atoms with E-state index in [4.69, 9.17) is 15.2 Å². The highest BCUT2D eigenvalue weighted by molar-refractivity contribution is 6.00. The van der Waals surface area contributed by atoms with Crippen LogP contribution in [0.2, 0.25) is 0 Å². The predicted molar refractivity (Wildman–Crippen MR) is 83.6 cm³/mol. The lowest BCUT2D eigenvalue weighted by molar-refractivity contribution is 0.0524. The molecule has 0 saturated heterocycles. The number of benzene rings is 1. The lowest BCUT2D eigenvalue weighted by Gasteiger charge is -2.16. The molecule has 8 heteroatoms. The van der Waals surface area contributed by atoms with Crippen molar-refractivity contribution in [3.8, 4) is 5.75 Å². The van der Waals surface area contributed by atoms with E-state index in [1.54, 1.807) is 6.92 Å². The zero-order valence-electron chi connectivity index (χ0n) is 13.1. The molecule has 6 nitrogen and oxygen atoms in total. The van der Waals surface area contributed by atoms with Gasteiger partial charge < -0.3 is 19.8 Å². The Morgan fingerprint density at radius 3 is 2.71 bits per heavy atom. The number of nitrogens with zero attached hydrogens (tertiary/aromatic N) is 1. The molecule has 24 heavy (non-hydrogen) atoms. The number of rotatable bonds is 4. The van der Waals surface area contributed by atoms with Crippen molar-refractivity contribution in [2.24, 2.45) is 0 Å². The molecule has 0 amide bonds. The Morgan fingerprint density at radius 2 is 2.17 bits per heavy atom. The Balaban J connectivity index is 2.42. The van der Waals surface area contributed by atoms with E-state index in [0.29, 0.717) is 0 Å². The minimum atomic E-state index is -1.15. The molecule has 1 heterocycles. The molecule has 128 valence electrons. The number of esters is 1. The minimum Gasteiger partial charge on any atom is -0.492 e. The number of methoxy groups -OCH3 is 1. The van der Waals surface area contributed by atoms with Crippen LogP contribution in [-0.4, -0.2) is 30.4 Å². The van der Waals surface area contributed by atoms with Gasteiger partial charge in [-0.15, -0.1) is 0 Å². The zero-order chi connectivity index (χ0) is 17.6. The van der Waals surface area contributed by atoms with E-state index in [0.717, 1.165) is 6.07 Å². The molecule has 0 aliphatic heterocycles. The highest BCUT2D eigenvalue weighted by Crippen LogP contribution is 2.43. The second-order valence-corrected chi connectivity index (χ2v) is 5.52. The van der Waals surface area contributed by atoms with Crippen molar-refractivity contribution in [3.05, 3.63) is 33.9 Å². The molecule has 1 aliphatic carbocycles. The molecular formula is C16H16F2N2O4. The van der Waals surface area contributed by atoms with Gasteiger partial charge in [-0.2, -0.15) is 0 Å². The fourth-order valence-corrected chi connectivity index (χ4v) is 2.77. The summed E-state index contributed by atoms with van der Waals surface area (Å²) in [5.41, 5.74) is 4.71. The van der Waals surface area contributed by atoms with Gasteiger partial charge in [0.1, 0.15) is 17.3 Å². The van der Waals surface area contributed by atoms with Gasteiger partial charge >= 0.3 is 5.97 Å². The van der Waals surface area contributed by atoms with Crippen molar-refractivity contribution in [2.75, 3.05) is 19.5 Å². The Morgan fingerprint density at radius 1 is 1.50 bits per heavy atom. The van der Waals surface area contributed by atoms with Crippen LogP contribution in [0.25, 0.3) is 10.9 Å². The van der Waals surface area contributed by atoms with Gasteiger partial charge in [-0.3, -0.25) is 4.79 Å². The summed E-state index contributed by atoms with van der Waals surface area (Å²) in [7, 11) is 1.24. The molecule has 0 radical (unpaired) electrons. The highest BCUT2D eigenvalue weighted by atomic mass is 19.1. The summed E-state index contributed by atoms with van der Waals surface area (Å²) in [6.45, 7) is 1.68. The van der Waals surface area contributed by atoms with E-state index < -0.39 is 29.4 Å². The van der Waals surface area contributed by atoms with E-state index >= 15 is 0 Å². The third-order valence-electron chi connectivity index (χ3n) is 3.98. The maximum Gasteiger partial charge on any atom is 0.343 e. The highest BCUT2D eigenvalue weighted by Gasteiger charge is 2.41. The van der Waals surface area contributed by atoms with E-state index in [9.17, 15) is 18.4 Å². The summed E-state index contributed by atoms with van der Waals surface area (Å²) in [6.07, 6.45) is 0.230.